The number of pyridine rings is 1. The van der Waals surface area contributed by atoms with Crippen molar-refractivity contribution in [1.82, 2.24) is 4.98 Å². The lowest BCUT2D eigenvalue weighted by Gasteiger charge is -2.21. The molecule has 38 heavy (non-hydrogen) atoms. The molecule has 1 atom stereocenters. The number of Topliss-reactive ketones (excluding diaryl/α,β-unsaturated/α-hetero) is 1. The molecule has 5 nitrogen and oxygen atoms in total. The molecule has 0 aliphatic heterocycles. The molecule has 2 radical (unpaired) electrons. The van der Waals surface area contributed by atoms with E-state index in [0.29, 0.717) is 5.92 Å². The van der Waals surface area contributed by atoms with E-state index in [2.05, 4.69) is 20.8 Å². The Morgan fingerprint density at radius 3 is 2.50 bits per heavy atom. The predicted molar refractivity (Wildman–Crippen MR) is 149 cm³/mol. The second kappa shape index (κ2) is 12.1. The minimum absolute atomic E-state index is 0.0702. The molecule has 4 rings (SSSR count). The van der Waals surface area contributed by atoms with Crippen molar-refractivity contribution in [1.29, 1.82) is 0 Å². The maximum absolute atomic E-state index is 13.8. The molecule has 3 aromatic rings. The van der Waals surface area contributed by atoms with Gasteiger partial charge >= 0.3 is 5.97 Å². The highest BCUT2D eigenvalue weighted by Gasteiger charge is 2.30. The maximum atomic E-state index is 13.8. The van der Waals surface area contributed by atoms with Gasteiger partial charge in [-0.3, -0.25) is 14.6 Å². The third-order valence-electron chi connectivity index (χ3n) is 6.13. The van der Waals surface area contributed by atoms with Crippen LogP contribution in [0.25, 0.3) is 28.1 Å². The molecule has 0 amide bonds. The second-order valence-electron chi connectivity index (χ2n) is 10.7. The summed E-state index contributed by atoms with van der Waals surface area (Å²) in [6, 6.07) is 14.5. The largest absolute Gasteiger partial charge is 0.466 e. The first-order chi connectivity index (χ1) is 18.1. The molecule has 1 saturated carbocycles. The summed E-state index contributed by atoms with van der Waals surface area (Å²) in [4.78, 5) is 29.6. The number of ether oxygens (including phenoxy) is 1. The highest BCUT2D eigenvalue weighted by atomic mass is 28.2. The Labute approximate surface area is 226 Å². The number of ketones is 1. The number of hydrogen-bond donors (Lipinski definition) is 0. The summed E-state index contributed by atoms with van der Waals surface area (Å²) >= 11 is 0. The van der Waals surface area contributed by atoms with Crippen LogP contribution in [-0.2, 0) is 18.8 Å². The maximum Gasteiger partial charge on any atom is 0.313 e. The van der Waals surface area contributed by atoms with Crippen molar-refractivity contribution in [2.24, 2.45) is 0 Å². The highest BCUT2D eigenvalue weighted by molar-refractivity contribution is 6.31. The number of carbonyl (C=O) groups excluding carboxylic acids is 2. The Kier molecular flexibility index (Phi) is 8.90. The Hall–Kier alpha value is -3.16. The summed E-state index contributed by atoms with van der Waals surface area (Å²) in [5, 5.41) is 0.912. The molecule has 7 heteroatoms. The van der Waals surface area contributed by atoms with E-state index in [4.69, 9.17) is 14.1 Å². The first-order valence-corrected chi connectivity index (χ1v) is 14.0. The van der Waals surface area contributed by atoms with Crippen molar-refractivity contribution in [2.45, 2.75) is 70.4 Å². The Balaban J connectivity index is 1.75. The van der Waals surface area contributed by atoms with Gasteiger partial charge in [0.2, 0.25) is 9.76 Å². The zero-order valence-electron chi connectivity index (χ0n) is 22.4. The molecule has 1 fully saturated rings. The van der Waals surface area contributed by atoms with Crippen LogP contribution in [-0.4, -0.2) is 39.2 Å². The fourth-order valence-electron chi connectivity index (χ4n) is 4.28. The summed E-state index contributed by atoms with van der Waals surface area (Å²) in [6.45, 7) is 8.20. The van der Waals surface area contributed by atoms with Gasteiger partial charge < -0.3 is 9.16 Å². The van der Waals surface area contributed by atoms with Crippen LogP contribution in [0.2, 0.25) is 5.04 Å². The second-order valence-corrected chi connectivity index (χ2v) is 12.6. The molecule has 2 aromatic carbocycles. The number of halogens is 1. The summed E-state index contributed by atoms with van der Waals surface area (Å²) < 4.78 is 25.0. The van der Waals surface area contributed by atoms with Crippen molar-refractivity contribution in [3.05, 3.63) is 71.7 Å². The number of nitrogens with zero attached hydrogens (tertiary/aromatic N) is 1. The van der Waals surface area contributed by atoms with Crippen LogP contribution in [0.3, 0.4) is 0 Å². The fraction of sp³-hybridized carbons (Fsp3) is 0.387. The zero-order chi connectivity index (χ0) is 27.3. The van der Waals surface area contributed by atoms with Gasteiger partial charge in [0.25, 0.3) is 0 Å². The number of hydrogen-bond acceptors (Lipinski definition) is 5. The molecule has 0 unspecified atom stereocenters. The lowest BCUT2D eigenvalue weighted by molar-refractivity contribution is -0.145. The number of fused-ring (bicyclic) bond motifs is 1. The predicted octanol–water partition coefficient (Wildman–Crippen LogP) is 7.07. The van der Waals surface area contributed by atoms with Gasteiger partial charge in [0.05, 0.1) is 23.9 Å². The van der Waals surface area contributed by atoms with E-state index in [1.165, 1.54) is 12.1 Å². The van der Waals surface area contributed by atoms with Gasteiger partial charge in [0, 0.05) is 28.9 Å². The summed E-state index contributed by atoms with van der Waals surface area (Å²) in [7, 11) is 0.166. The molecule has 198 valence electrons. The number of para-hydroxylation sites is 1. The van der Waals surface area contributed by atoms with Crippen molar-refractivity contribution >= 4 is 38.5 Å². The van der Waals surface area contributed by atoms with Crippen molar-refractivity contribution in [3.8, 4) is 11.1 Å². The van der Waals surface area contributed by atoms with Crippen molar-refractivity contribution < 1.29 is 23.1 Å². The number of benzene rings is 2. The van der Waals surface area contributed by atoms with Gasteiger partial charge in [-0.1, -0.05) is 63.3 Å². The van der Waals surface area contributed by atoms with Gasteiger partial charge in [-0.25, -0.2) is 4.39 Å². The van der Waals surface area contributed by atoms with E-state index < -0.39 is 12.1 Å². The molecule has 0 spiro atoms. The zero-order valence-corrected chi connectivity index (χ0v) is 23.4. The average molecular weight is 532 g/mol. The molecule has 0 N–H and O–H groups in total. The van der Waals surface area contributed by atoms with Crippen LogP contribution in [0, 0.1) is 5.82 Å². The van der Waals surface area contributed by atoms with E-state index in [1.807, 2.05) is 36.4 Å². The molecule has 1 heterocycles. The molecule has 0 saturated heterocycles. The Morgan fingerprint density at radius 1 is 1.13 bits per heavy atom. The minimum atomic E-state index is -0.521. The third-order valence-corrected chi connectivity index (χ3v) is 7.16. The summed E-state index contributed by atoms with van der Waals surface area (Å²) in [5.74, 6) is -0.676. The standard InChI is InChI=1S/C31H34FNO4Si/c1-5-36-28(35)19-23(34)18-24(37-38-31(2,3)4)16-17-26-29(20-12-14-22(32)15-13-20)25-8-6-7-9-27(25)33-30(26)21-10-11-21/h6-9,12-17,21,24H,5,10-11,18-19H2,1-4H3/t24-/m1/s1. The summed E-state index contributed by atoms with van der Waals surface area (Å²) in [5.41, 5.74) is 4.76. The quantitative estimate of drug-likeness (QED) is 0.150. The third kappa shape index (κ3) is 7.45. The number of aromatic nitrogens is 1. The lowest BCUT2D eigenvalue weighted by Crippen LogP contribution is -2.23. The van der Waals surface area contributed by atoms with Gasteiger partial charge in [-0.2, -0.15) is 0 Å². The van der Waals surface area contributed by atoms with Crippen LogP contribution in [0.1, 0.15) is 70.6 Å². The van der Waals surface area contributed by atoms with Gasteiger partial charge in [0.15, 0.2) is 0 Å². The summed E-state index contributed by atoms with van der Waals surface area (Å²) in [6.07, 6.45) is 5.34. The Bertz CT molecular complexity index is 1330. The highest BCUT2D eigenvalue weighted by Crippen LogP contribution is 2.45. The van der Waals surface area contributed by atoms with Gasteiger partial charge in [-0.15, -0.1) is 0 Å². The van der Waals surface area contributed by atoms with Crippen LogP contribution in [0.5, 0.6) is 0 Å². The van der Waals surface area contributed by atoms with E-state index >= 15 is 0 Å². The monoisotopic (exact) mass is 531 g/mol. The normalized spacial score (nSPS) is 14.7. The van der Waals surface area contributed by atoms with E-state index in [0.717, 1.165) is 46.1 Å². The van der Waals surface area contributed by atoms with Gasteiger partial charge in [0.1, 0.15) is 18.0 Å². The first-order valence-electron chi connectivity index (χ1n) is 13.1. The topological polar surface area (TPSA) is 65.5 Å². The van der Waals surface area contributed by atoms with E-state index in [9.17, 15) is 14.0 Å². The number of rotatable bonds is 11. The van der Waals surface area contributed by atoms with E-state index in [-0.39, 0.29) is 45.9 Å². The van der Waals surface area contributed by atoms with E-state index in [1.54, 1.807) is 19.1 Å². The molecular formula is C31H34FNO4Si. The molecule has 1 aromatic heterocycles. The number of esters is 1. The lowest BCUT2D eigenvalue weighted by atomic mass is 9.92. The first kappa shape index (κ1) is 27.9. The van der Waals surface area contributed by atoms with Crippen LogP contribution < -0.4 is 0 Å². The molecule has 0 bridgehead atoms. The average Bonchev–Trinajstić information content (AvgIpc) is 3.70. The van der Waals surface area contributed by atoms with Crippen LogP contribution in [0.15, 0.2) is 54.6 Å². The smallest absolute Gasteiger partial charge is 0.313 e. The van der Waals surface area contributed by atoms with Crippen molar-refractivity contribution in [3.63, 3.8) is 0 Å². The van der Waals surface area contributed by atoms with Crippen LogP contribution in [0.4, 0.5) is 4.39 Å². The van der Waals surface area contributed by atoms with Crippen LogP contribution >= 0.6 is 0 Å². The molecule has 1 aliphatic rings. The fourth-order valence-corrected chi connectivity index (χ4v) is 4.95. The molecule has 1 aliphatic carbocycles. The number of carbonyl (C=O) groups is 2. The SMILES string of the molecule is CCOC(=O)CC(=O)C[C@@H](C=Cc1c(C2CC2)nc2ccccc2c1-c1ccc(F)cc1)O[Si]C(C)(C)C. The van der Waals surface area contributed by atoms with Crippen molar-refractivity contribution in [2.75, 3.05) is 6.61 Å². The molecular weight excluding hydrogens is 497 g/mol. The Morgan fingerprint density at radius 2 is 1.84 bits per heavy atom. The van der Waals surface area contributed by atoms with Gasteiger partial charge in [-0.05, 0) is 48.6 Å². The minimum Gasteiger partial charge on any atom is -0.466 e.